The molecule has 0 radical (unpaired) electrons. The lowest BCUT2D eigenvalue weighted by Crippen LogP contribution is -2.04. The summed E-state index contributed by atoms with van der Waals surface area (Å²) in [7, 11) is 1.60. The summed E-state index contributed by atoms with van der Waals surface area (Å²) in [5.74, 6) is 1.89. The second-order valence-electron chi connectivity index (χ2n) is 7.71. The van der Waals surface area contributed by atoms with E-state index < -0.39 is 5.97 Å². The number of methoxy groups -OCH3 is 1. The van der Waals surface area contributed by atoms with Crippen molar-refractivity contribution in [1.82, 2.24) is 0 Å². The summed E-state index contributed by atoms with van der Waals surface area (Å²) in [6, 6.07) is 21.2. The van der Waals surface area contributed by atoms with Crippen molar-refractivity contribution in [2.24, 2.45) is 5.92 Å². The zero-order valence-electron chi connectivity index (χ0n) is 18.5. The lowest BCUT2D eigenvalue weighted by Gasteiger charge is -2.12. The molecule has 0 aromatic heterocycles. The molecule has 0 amide bonds. The number of benzene rings is 3. The lowest BCUT2D eigenvalue weighted by molar-refractivity contribution is -0.128. The van der Waals surface area contributed by atoms with E-state index in [0.717, 1.165) is 23.1 Å². The van der Waals surface area contributed by atoms with Gasteiger partial charge in [0.1, 0.15) is 5.75 Å². The summed E-state index contributed by atoms with van der Waals surface area (Å²) in [5, 5.41) is 0. The van der Waals surface area contributed by atoms with Gasteiger partial charge >= 0.3 is 5.97 Å². The average molecular weight is 495 g/mol. The Bertz CT molecular complexity index is 1070. The van der Waals surface area contributed by atoms with Crippen molar-refractivity contribution in [3.63, 3.8) is 0 Å². The summed E-state index contributed by atoms with van der Waals surface area (Å²) in [6.45, 7) is 4.95. The molecular weight excluding hydrogens is 468 g/mol. The summed E-state index contributed by atoms with van der Waals surface area (Å²) in [4.78, 5) is 12.3. The summed E-state index contributed by atoms with van der Waals surface area (Å²) in [5.41, 5.74) is 2.95. The van der Waals surface area contributed by atoms with Crippen LogP contribution in [-0.2, 0) is 4.79 Å². The number of ether oxygens (including phenoxy) is 3. The Balaban J connectivity index is 1.64. The Morgan fingerprint density at radius 2 is 1.69 bits per heavy atom. The highest BCUT2D eigenvalue weighted by atomic mass is 79.9. The predicted octanol–water partition coefficient (Wildman–Crippen LogP) is 7.17. The summed E-state index contributed by atoms with van der Waals surface area (Å²) >= 11 is 3.49. The van der Waals surface area contributed by atoms with Crippen LogP contribution in [0, 0.1) is 5.92 Å². The minimum absolute atomic E-state index is 0.464. The largest absolute Gasteiger partial charge is 0.493 e. The molecular formula is C27H27BrO4. The van der Waals surface area contributed by atoms with Crippen LogP contribution in [0.5, 0.6) is 17.2 Å². The van der Waals surface area contributed by atoms with Crippen LogP contribution in [0.4, 0.5) is 0 Å². The van der Waals surface area contributed by atoms with Crippen molar-refractivity contribution in [2.75, 3.05) is 13.7 Å². The van der Waals surface area contributed by atoms with E-state index in [9.17, 15) is 4.79 Å². The number of hydrogen-bond acceptors (Lipinski definition) is 4. The maximum Gasteiger partial charge on any atom is 0.336 e. The van der Waals surface area contributed by atoms with E-state index in [0.29, 0.717) is 34.2 Å². The Morgan fingerprint density at radius 1 is 0.938 bits per heavy atom. The van der Waals surface area contributed by atoms with Crippen LogP contribution in [0.25, 0.3) is 17.2 Å². The average Bonchev–Trinajstić information content (AvgIpc) is 2.80. The van der Waals surface area contributed by atoms with Gasteiger partial charge in [0.15, 0.2) is 11.5 Å². The van der Waals surface area contributed by atoms with Gasteiger partial charge in [-0.3, -0.25) is 0 Å². The molecule has 0 aliphatic heterocycles. The van der Waals surface area contributed by atoms with Gasteiger partial charge in [-0.1, -0.05) is 56.3 Å². The Hall–Kier alpha value is -3.05. The van der Waals surface area contributed by atoms with Crippen molar-refractivity contribution >= 4 is 28.0 Å². The minimum Gasteiger partial charge on any atom is -0.493 e. The van der Waals surface area contributed by atoms with Crippen LogP contribution in [-0.4, -0.2) is 19.7 Å². The minimum atomic E-state index is -0.464. The first-order chi connectivity index (χ1) is 15.5. The van der Waals surface area contributed by atoms with E-state index in [1.807, 2.05) is 60.7 Å². The third-order valence-electron chi connectivity index (χ3n) is 4.80. The van der Waals surface area contributed by atoms with Gasteiger partial charge in [0.05, 0.1) is 18.2 Å². The smallest absolute Gasteiger partial charge is 0.336 e. The van der Waals surface area contributed by atoms with Gasteiger partial charge in [0.25, 0.3) is 0 Å². The zero-order valence-corrected chi connectivity index (χ0v) is 20.1. The number of carbonyl (C=O) groups is 1. The molecule has 0 spiro atoms. The maximum absolute atomic E-state index is 12.3. The second-order valence-corrected chi connectivity index (χ2v) is 8.56. The van der Waals surface area contributed by atoms with Gasteiger partial charge in [-0.15, -0.1) is 0 Å². The molecule has 0 atom stereocenters. The van der Waals surface area contributed by atoms with E-state index in [1.54, 1.807) is 19.3 Å². The fourth-order valence-electron chi connectivity index (χ4n) is 3.01. The first-order valence-electron chi connectivity index (χ1n) is 10.5. The van der Waals surface area contributed by atoms with Crippen LogP contribution in [0.15, 0.2) is 77.3 Å². The van der Waals surface area contributed by atoms with Gasteiger partial charge in [-0.2, -0.15) is 0 Å². The lowest BCUT2D eigenvalue weighted by atomic mass is 10.1. The third-order valence-corrected chi connectivity index (χ3v) is 5.42. The third kappa shape index (κ3) is 6.72. The van der Waals surface area contributed by atoms with E-state index in [-0.39, 0.29) is 0 Å². The molecule has 0 saturated carbocycles. The molecule has 0 saturated heterocycles. The van der Waals surface area contributed by atoms with E-state index in [1.165, 1.54) is 6.08 Å². The quantitative estimate of drug-likeness (QED) is 0.179. The predicted molar refractivity (Wildman–Crippen MR) is 132 cm³/mol. The van der Waals surface area contributed by atoms with Gasteiger partial charge in [-0.05, 0) is 75.3 Å². The highest BCUT2D eigenvalue weighted by Crippen LogP contribution is 2.31. The van der Waals surface area contributed by atoms with E-state index in [2.05, 4.69) is 29.8 Å². The second kappa shape index (κ2) is 11.5. The van der Waals surface area contributed by atoms with Crippen LogP contribution < -0.4 is 14.2 Å². The monoisotopic (exact) mass is 494 g/mol. The van der Waals surface area contributed by atoms with Gasteiger partial charge in [-0.25, -0.2) is 4.79 Å². The summed E-state index contributed by atoms with van der Waals surface area (Å²) in [6.07, 6.45) is 4.05. The number of carbonyl (C=O) groups excluding carboxylic acids is 1. The van der Waals surface area contributed by atoms with Crippen LogP contribution in [0.1, 0.15) is 25.8 Å². The normalized spacial score (nSPS) is 11.0. The molecule has 0 bridgehead atoms. The van der Waals surface area contributed by atoms with Crippen molar-refractivity contribution in [3.8, 4) is 28.4 Å². The molecule has 3 aromatic rings. The Kier molecular flexibility index (Phi) is 8.51. The molecule has 32 heavy (non-hydrogen) atoms. The number of rotatable bonds is 9. The highest BCUT2D eigenvalue weighted by molar-refractivity contribution is 9.10. The fourth-order valence-corrected chi connectivity index (χ4v) is 3.47. The molecule has 0 heterocycles. The zero-order chi connectivity index (χ0) is 22.9. The molecule has 3 aromatic carbocycles. The van der Waals surface area contributed by atoms with Crippen LogP contribution in [0.2, 0.25) is 0 Å². The van der Waals surface area contributed by atoms with Gasteiger partial charge < -0.3 is 14.2 Å². The molecule has 0 unspecified atom stereocenters. The standard InChI is InChI=1S/C27H27BrO4/c1-19(2)15-16-31-25-12-9-20(17-26(25)30-3)10-14-27(29)32-24-13-11-22(18-23(24)28)21-7-5-4-6-8-21/h4-14,17-19H,15-16H2,1-3H3/b14-10+. The molecule has 4 nitrogen and oxygen atoms in total. The topological polar surface area (TPSA) is 44.8 Å². The van der Waals surface area contributed by atoms with Crippen molar-refractivity contribution < 1.29 is 19.0 Å². The number of halogens is 1. The van der Waals surface area contributed by atoms with Crippen molar-refractivity contribution in [2.45, 2.75) is 20.3 Å². The molecule has 0 aliphatic carbocycles. The summed E-state index contributed by atoms with van der Waals surface area (Å²) < 4.78 is 17.4. The molecule has 166 valence electrons. The fraction of sp³-hybridized carbons (Fsp3) is 0.222. The van der Waals surface area contributed by atoms with Gasteiger partial charge in [0.2, 0.25) is 0 Å². The molecule has 5 heteroatoms. The highest BCUT2D eigenvalue weighted by Gasteiger charge is 2.09. The molecule has 0 aliphatic rings. The van der Waals surface area contributed by atoms with Crippen LogP contribution >= 0.6 is 15.9 Å². The Morgan fingerprint density at radius 3 is 2.38 bits per heavy atom. The molecule has 0 fully saturated rings. The SMILES string of the molecule is COc1cc(/C=C/C(=O)Oc2ccc(-c3ccccc3)cc2Br)ccc1OCCC(C)C. The van der Waals surface area contributed by atoms with Gasteiger partial charge in [0, 0.05) is 6.08 Å². The van der Waals surface area contributed by atoms with E-state index >= 15 is 0 Å². The van der Waals surface area contributed by atoms with Crippen molar-refractivity contribution in [1.29, 1.82) is 0 Å². The first kappa shape index (κ1) is 23.6. The number of esters is 1. The first-order valence-corrected chi connectivity index (χ1v) is 11.3. The maximum atomic E-state index is 12.3. The van der Waals surface area contributed by atoms with Crippen molar-refractivity contribution in [3.05, 3.63) is 82.8 Å². The van der Waals surface area contributed by atoms with Crippen LogP contribution in [0.3, 0.4) is 0 Å². The number of hydrogen-bond donors (Lipinski definition) is 0. The Labute approximate surface area is 198 Å². The molecule has 3 rings (SSSR count). The van der Waals surface area contributed by atoms with E-state index in [4.69, 9.17) is 14.2 Å². The molecule has 0 N–H and O–H groups in total.